The molecule has 0 saturated heterocycles. The molecule has 0 atom stereocenters. The first kappa shape index (κ1) is 8.96. The second kappa shape index (κ2) is 3.37. The van der Waals surface area contributed by atoms with Crippen LogP contribution in [-0.4, -0.2) is 12.3 Å². The first-order valence-electron chi connectivity index (χ1n) is 5.75. The fourth-order valence-corrected chi connectivity index (χ4v) is 2.20. The van der Waals surface area contributed by atoms with E-state index in [1.54, 1.807) is 0 Å². The third kappa shape index (κ3) is 1.65. The van der Waals surface area contributed by atoms with Crippen molar-refractivity contribution in [3.8, 4) is 0 Å². The van der Waals surface area contributed by atoms with Gasteiger partial charge in [0, 0.05) is 23.7 Å². The normalized spacial score (nSPS) is 19.2. The van der Waals surface area contributed by atoms with Crippen LogP contribution in [0.3, 0.4) is 0 Å². The van der Waals surface area contributed by atoms with Crippen LogP contribution >= 0.6 is 0 Å². The molecule has 0 radical (unpaired) electrons. The molecule has 1 saturated carbocycles. The molecule has 1 aromatic rings. The Labute approximate surface area is 89.7 Å². The number of anilines is 1. The van der Waals surface area contributed by atoms with Gasteiger partial charge in [-0.25, -0.2) is 0 Å². The highest BCUT2D eigenvalue weighted by molar-refractivity contribution is 6.00. The van der Waals surface area contributed by atoms with Gasteiger partial charge in [-0.3, -0.25) is 4.79 Å². The number of hydrogen-bond donors (Lipinski definition) is 1. The molecule has 2 heteroatoms. The molecule has 1 fully saturated rings. The maximum Gasteiger partial charge on any atom is 0.166 e. The number of nitrogens with one attached hydrogen (secondary N) is 1. The predicted molar refractivity (Wildman–Crippen MR) is 60.3 cm³/mol. The predicted octanol–water partition coefficient (Wildman–Crippen LogP) is 2.64. The van der Waals surface area contributed by atoms with Crippen LogP contribution in [0.5, 0.6) is 0 Å². The fourth-order valence-electron chi connectivity index (χ4n) is 2.20. The van der Waals surface area contributed by atoms with Crippen LogP contribution in [0.25, 0.3) is 0 Å². The average molecular weight is 201 g/mol. The average Bonchev–Trinajstić information content (AvgIpc) is 3.11. The monoisotopic (exact) mass is 201 g/mol. The second-order valence-corrected chi connectivity index (χ2v) is 4.54. The lowest BCUT2D eigenvalue weighted by molar-refractivity contribution is 0.0967. The molecule has 1 heterocycles. The minimum absolute atomic E-state index is 0.326. The lowest BCUT2D eigenvalue weighted by atomic mass is 9.98. The van der Waals surface area contributed by atoms with Gasteiger partial charge < -0.3 is 5.32 Å². The second-order valence-electron chi connectivity index (χ2n) is 4.54. The van der Waals surface area contributed by atoms with Gasteiger partial charge >= 0.3 is 0 Å². The van der Waals surface area contributed by atoms with Gasteiger partial charge in [0.15, 0.2) is 5.78 Å². The largest absolute Gasteiger partial charge is 0.385 e. The molecule has 2 nitrogen and oxygen atoms in total. The maximum atomic E-state index is 11.9. The Hall–Kier alpha value is -1.31. The molecule has 0 bridgehead atoms. The van der Waals surface area contributed by atoms with Crippen LogP contribution < -0.4 is 5.32 Å². The summed E-state index contributed by atoms with van der Waals surface area (Å²) in [4.78, 5) is 11.9. The van der Waals surface area contributed by atoms with Crippen molar-refractivity contribution in [2.75, 3.05) is 11.9 Å². The Morgan fingerprint density at radius 3 is 3.00 bits per heavy atom. The van der Waals surface area contributed by atoms with Gasteiger partial charge in [0.25, 0.3) is 0 Å². The van der Waals surface area contributed by atoms with Gasteiger partial charge in [0.2, 0.25) is 0 Å². The summed E-state index contributed by atoms with van der Waals surface area (Å²) in [7, 11) is 0. The number of rotatable bonds is 2. The highest BCUT2D eigenvalue weighted by Crippen LogP contribution is 2.34. The van der Waals surface area contributed by atoms with Gasteiger partial charge in [-0.1, -0.05) is 12.1 Å². The molecule has 1 aliphatic heterocycles. The van der Waals surface area contributed by atoms with Crippen LogP contribution in [0.15, 0.2) is 18.2 Å². The highest BCUT2D eigenvalue weighted by atomic mass is 16.1. The molecule has 0 unspecified atom stereocenters. The van der Waals surface area contributed by atoms with Crippen molar-refractivity contribution in [1.29, 1.82) is 0 Å². The summed E-state index contributed by atoms with van der Waals surface area (Å²) in [5.41, 5.74) is 3.42. The third-order valence-electron chi connectivity index (χ3n) is 3.28. The van der Waals surface area contributed by atoms with E-state index in [1.165, 1.54) is 17.7 Å². The molecular weight excluding hydrogens is 186 g/mol. The zero-order valence-corrected chi connectivity index (χ0v) is 8.75. The van der Waals surface area contributed by atoms with Crippen LogP contribution in [0.1, 0.15) is 35.2 Å². The Morgan fingerprint density at radius 1 is 1.33 bits per heavy atom. The first-order valence-corrected chi connectivity index (χ1v) is 5.75. The van der Waals surface area contributed by atoms with Crippen molar-refractivity contribution < 1.29 is 4.79 Å². The number of aryl methyl sites for hydroxylation is 1. The Bertz CT molecular complexity index is 407. The Morgan fingerprint density at radius 2 is 2.20 bits per heavy atom. The maximum absolute atomic E-state index is 11.9. The zero-order chi connectivity index (χ0) is 10.3. The smallest absolute Gasteiger partial charge is 0.166 e. The molecular formula is C13H15NO. The highest BCUT2D eigenvalue weighted by Gasteiger charge is 2.30. The molecule has 0 amide bonds. The van der Waals surface area contributed by atoms with Crippen molar-refractivity contribution >= 4 is 11.5 Å². The lowest BCUT2D eigenvalue weighted by Gasteiger charge is -2.18. The van der Waals surface area contributed by atoms with E-state index in [2.05, 4.69) is 11.4 Å². The number of Topliss-reactive ketones (excluding diaryl/α,β-unsaturated/α-hetero) is 1. The van der Waals surface area contributed by atoms with Gasteiger partial charge in [-0.05, 0) is 37.3 Å². The van der Waals surface area contributed by atoms with Crippen molar-refractivity contribution in [2.45, 2.75) is 25.7 Å². The summed E-state index contributed by atoms with van der Waals surface area (Å²) in [6.45, 7) is 1.04. The number of ketones is 1. The Balaban J connectivity index is 1.92. The molecule has 2 aliphatic rings. The summed E-state index contributed by atoms with van der Waals surface area (Å²) >= 11 is 0. The number of hydrogen-bond acceptors (Lipinski definition) is 2. The van der Waals surface area contributed by atoms with E-state index in [0.717, 1.165) is 31.4 Å². The van der Waals surface area contributed by atoms with Gasteiger partial charge in [-0.2, -0.15) is 0 Å². The van der Waals surface area contributed by atoms with Crippen LogP contribution in [0.4, 0.5) is 5.69 Å². The minimum Gasteiger partial charge on any atom is -0.385 e. The van der Waals surface area contributed by atoms with E-state index >= 15 is 0 Å². The molecule has 78 valence electrons. The fraction of sp³-hybridized carbons (Fsp3) is 0.462. The molecule has 0 spiro atoms. The molecule has 0 aromatic heterocycles. The van der Waals surface area contributed by atoms with Crippen molar-refractivity contribution in [1.82, 2.24) is 0 Å². The molecule has 1 aliphatic carbocycles. The van der Waals surface area contributed by atoms with Crippen LogP contribution in [0.2, 0.25) is 0 Å². The number of carbonyl (C=O) groups is 1. The van der Waals surface area contributed by atoms with Gasteiger partial charge in [0.1, 0.15) is 0 Å². The summed E-state index contributed by atoms with van der Waals surface area (Å²) in [6.07, 6.45) is 4.51. The van der Waals surface area contributed by atoms with E-state index in [-0.39, 0.29) is 0 Å². The zero-order valence-electron chi connectivity index (χ0n) is 8.75. The third-order valence-corrected chi connectivity index (χ3v) is 3.28. The molecule has 3 rings (SSSR count). The number of benzene rings is 1. The number of fused-ring (bicyclic) bond motifs is 1. The topological polar surface area (TPSA) is 29.1 Å². The Kier molecular flexibility index (Phi) is 2.01. The molecule has 15 heavy (non-hydrogen) atoms. The van der Waals surface area contributed by atoms with E-state index in [4.69, 9.17) is 0 Å². The van der Waals surface area contributed by atoms with Gasteiger partial charge in [0.05, 0.1) is 0 Å². The van der Waals surface area contributed by atoms with Crippen molar-refractivity contribution in [2.24, 2.45) is 5.92 Å². The standard InChI is InChI=1S/C13H15NO/c15-13(10-4-5-10)11-6-3-9-2-1-7-14-12(9)8-11/h3,6,8,10,14H,1-2,4-5,7H2. The molecule has 1 aromatic carbocycles. The van der Waals surface area contributed by atoms with Crippen molar-refractivity contribution in [3.05, 3.63) is 29.3 Å². The van der Waals surface area contributed by atoms with Crippen molar-refractivity contribution in [3.63, 3.8) is 0 Å². The first-order chi connectivity index (χ1) is 7.34. The summed E-state index contributed by atoms with van der Waals surface area (Å²) in [5.74, 6) is 0.664. The summed E-state index contributed by atoms with van der Waals surface area (Å²) in [6, 6.07) is 6.14. The summed E-state index contributed by atoms with van der Waals surface area (Å²) < 4.78 is 0. The van der Waals surface area contributed by atoms with E-state index in [9.17, 15) is 4.79 Å². The van der Waals surface area contributed by atoms with Crippen LogP contribution in [0, 0.1) is 5.92 Å². The molecule has 1 N–H and O–H groups in total. The minimum atomic E-state index is 0.326. The number of carbonyl (C=O) groups excluding carboxylic acids is 1. The summed E-state index contributed by atoms with van der Waals surface area (Å²) in [5, 5.41) is 3.36. The van der Waals surface area contributed by atoms with E-state index in [1.807, 2.05) is 12.1 Å². The van der Waals surface area contributed by atoms with Gasteiger partial charge in [-0.15, -0.1) is 0 Å². The SMILES string of the molecule is O=C(c1ccc2c(c1)NCCC2)C1CC1. The van der Waals surface area contributed by atoms with E-state index in [0.29, 0.717) is 11.7 Å². The quantitative estimate of drug-likeness (QED) is 0.745. The van der Waals surface area contributed by atoms with Crippen LogP contribution in [-0.2, 0) is 6.42 Å². The lowest BCUT2D eigenvalue weighted by Crippen LogP contribution is -2.13. The van der Waals surface area contributed by atoms with E-state index < -0.39 is 0 Å².